The third kappa shape index (κ3) is 3.90. The van der Waals surface area contributed by atoms with E-state index in [1.807, 2.05) is 42.2 Å². The molecule has 1 aromatic heterocycles. The van der Waals surface area contributed by atoms with Crippen LogP contribution in [0.2, 0.25) is 0 Å². The van der Waals surface area contributed by atoms with Gasteiger partial charge >= 0.3 is 0 Å². The zero-order valence-corrected chi connectivity index (χ0v) is 15.0. The van der Waals surface area contributed by atoms with Crippen LogP contribution in [0.15, 0.2) is 48.8 Å². The average molecular weight is 338 g/mol. The summed E-state index contributed by atoms with van der Waals surface area (Å²) >= 11 is 0. The number of carbonyl (C=O) groups is 1. The van der Waals surface area contributed by atoms with Crippen molar-refractivity contribution in [1.82, 2.24) is 9.88 Å². The summed E-state index contributed by atoms with van der Waals surface area (Å²) in [6, 6.07) is 12.1. The summed E-state index contributed by atoms with van der Waals surface area (Å²) in [5.41, 5.74) is 3.10. The number of benzene rings is 1. The highest BCUT2D eigenvalue weighted by molar-refractivity contribution is 5.94. The van der Waals surface area contributed by atoms with Crippen LogP contribution in [0.25, 0.3) is 0 Å². The summed E-state index contributed by atoms with van der Waals surface area (Å²) in [6.45, 7) is 6.40. The van der Waals surface area contributed by atoms with Gasteiger partial charge in [0.2, 0.25) is 0 Å². The Kier molecular flexibility index (Phi) is 5.82. The van der Waals surface area contributed by atoms with Gasteiger partial charge in [0.15, 0.2) is 0 Å². The molecule has 0 aliphatic carbocycles. The standard InChI is InChI=1S/C21H26N2O2/c1-3-20(16-8-11-22-12-9-16)23(4-2)21(24)18-7-5-6-17(14-18)19-10-13-25-15-19/h5-9,11-12,14,19-20H,3-4,10,13,15H2,1-2H3/t19-,20+/m1/s1. The Balaban J connectivity index is 1.85. The second-order valence-corrected chi connectivity index (χ2v) is 6.48. The van der Waals surface area contributed by atoms with Crippen LogP contribution in [0.5, 0.6) is 0 Å². The number of nitrogens with zero attached hydrogens (tertiary/aromatic N) is 2. The highest BCUT2D eigenvalue weighted by atomic mass is 16.5. The lowest BCUT2D eigenvalue weighted by Crippen LogP contribution is -2.34. The van der Waals surface area contributed by atoms with E-state index >= 15 is 0 Å². The van der Waals surface area contributed by atoms with Crippen molar-refractivity contribution in [3.05, 3.63) is 65.5 Å². The minimum Gasteiger partial charge on any atom is -0.381 e. The van der Waals surface area contributed by atoms with Crippen LogP contribution in [0.3, 0.4) is 0 Å². The Morgan fingerprint density at radius 1 is 1.28 bits per heavy atom. The minimum absolute atomic E-state index is 0.0685. The summed E-state index contributed by atoms with van der Waals surface area (Å²) in [6.07, 6.45) is 5.48. The van der Waals surface area contributed by atoms with Gasteiger partial charge in [0, 0.05) is 37.0 Å². The minimum atomic E-state index is 0.0685. The Hall–Kier alpha value is -2.20. The van der Waals surface area contributed by atoms with Crippen molar-refractivity contribution >= 4 is 5.91 Å². The van der Waals surface area contributed by atoms with Crippen molar-refractivity contribution in [2.45, 2.75) is 38.6 Å². The quantitative estimate of drug-likeness (QED) is 0.793. The molecule has 2 atom stereocenters. The van der Waals surface area contributed by atoms with Crippen LogP contribution in [0.4, 0.5) is 0 Å². The summed E-state index contributed by atoms with van der Waals surface area (Å²) in [5, 5.41) is 0. The first-order chi connectivity index (χ1) is 12.2. The molecule has 0 unspecified atom stereocenters. The molecule has 0 spiro atoms. The average Bonchev–Trinajstić information content (AvgIpc) is 3.21. The summed E-state index contributed by atoms with van der Waals surface area (Å²) in [4.78, 5) is 19.2. The predicted octanol–water partition coefficient (Wildman–Crippen LogP) is 4.20. The van der Waals surface area contributed by atoms with Crippen molar-refractivity contribution in [3.8, 4) is 0 Å². The number of pyridine rings is 1. The van der Waals surface area contributed by atoms with E-state index < -0.39 is 0 Å². The van der Waals surface area contributed by atoms with E-state index in [0.29, 0.717) is 12.5 Å². The van der Waals surface area contributed by atoms with Gasteiger partial charge in [-0.3, -0.25) is 9.78 Å². The SMILES string of the molecule is CC[C@@H](c1ccncc1)N(CC)C(=O)c1cccc([C@@H]2CCOC2)c1. The maximum Gasteiger partial charge on any atom is 0.254 e. The van der Waals surface area contributed by atoms with Crippen molar-refractivity contribution in [1.29, 1.82) is 0 Å². The third-order valence-electron chi connectivity index (χ3n) is 4.99. The zero-order valence-electron chi connectivity index (χ0n) is 15.0. The molecule has 0 bridgehead atoms. The van der Waals surface area contributed by atoms with Crippen LogP contribution in [-0.4, -0.2) is 35.5 Å². The molecule has 25 heavy (non-hydrogen) atoms. The maximum atomic E-state index is 13.2. The van der Waals surface area contributed by atoms with Crippen molar-refractivity contribution in [2.75, 3.05) is 19.8 Å². The second kappa shape index (κ2) is 8.26. The highest BCUT2D eigenvalue weighted by Crippen LogP contribution is 2.28. The molecular weight excluding hydrogens is 312 g/mol. The molecule has 1 aliphatic heterocycles. The van der Waals surface area contributed by atoms with E-state index in [-0.39, 0.29) is 11.9 Å². The fourth-order valence-corrected chi connectivity index (χ4v) is 3.62. The number of rotatable bonds is 6. The van der Waals surface area contributed by atoms with E-state index in [0.717, 1.165) is 37.2 Å². The zero-order chi connectivity index (χ0) is 17.6. The molecule has 2 aromatic rings. The Morgan fingerprint density at radius 3 is 2.72 bits per heavy atom. The molecule has 1 amide bonds. The number of ether oxygens (including phenoxy) is 1. The van der Waals surface area contributed by atoms with Gasteiger partial charge in [0.1, 0.15) is 0 Å². The summed E-state index contributed by atoms with van der Waals surface area (Å²) in [5.74, 6) is 0.497. The molecule has 4 heteroatoms. The molecule has 1 fully saturated rings. The maximum absolute atomic E-state index is 13.2. The molecule has 3 rings (SSSR count). The lowest BCUT2D eigenvalue weighted by molar-refractivity contribution is 0.0682. The summed E-state index contributed by atoms with van der Waals surface area (Å²) < 4.78 is 5.49. The van der Waals surface area contributed by atoms with Crippen molar-refractivity contribution in [2.24, 2.45) is 0 Å². The van der Waals surface area contributed by atoms with E-state index in [1.165, 1.54) is 5.56 Å². The normalized spacial score (nSPS) is 18.1. The van der Waals surface area contributed by atoms with Crippen LogP contribution < -0.4 is 0 Å². The number of aromatic nitrogens is 1. The monoisotopic (exact) mass is 338 g/mol. The largest absolute Gasteiger partial charge is 0.381 e. The molecule has 0 radical (unpaired) electrons. The summed E-state index contributed by atoms with van der Waals surface area (Å²) in [7, 11) is 0. The van der Waals surface area contributed by atoms with Crippen LogP contribution in [0, 0.1) is 0 Å². The van der Waals surface area contributed by atoms with Gasteiger partial charge in [-0.1, -0.05) is 19.1 Å². The molecule has 2 heterocycles. The van der Waals surface area contributed by atoms with Gasteiger partial charge in [0.25, 0.3) is 5.91 Å². The van der Waals surface area contributed by atoms with Gasteiger partial charge in [-0.05, 0) is 55.2 Å². The molecule has 1 aromatic carbocycles. The van der Waals surface area contributed by atoms with E-state index in [2.05, 4.69) is 18.0 Å². The smallest absolute Gasteiger partial charge is 0.254 e. The molecule has 4 nitrogen and oxygen atoms in total. The van der Waals surface area contributed by atoms with Gasteiger partial charge in [0.05, 0.1) is 12.6 Å². The lowest BCUT2D eigenvalue weighted by Gasteiger charge is -2.31. The van der Waals surface area contributed by atoms with Crippen LogP contribution in [0.1, 0.15) is 60.1 Å². The number of carbonyl (C=O) groups excluding carboxylic acids is 1. The molecule has 0 N–H and O–H groups in total. The number of hydrogen-bond donors (Lipinski definition) is 0. The second-order valence-electron chi connectivity index (χ2n) is 6.48. The van der Waals surface area contributed by atoms with Gasteiger partial charge in [-0.2, -0.15) is 0 Å². The van der Waals surface area contributed by atoms with E-state index in [1.54, 1.807) is 12.4 Å². The molecule has 1 saturated heterocycles. The van der Waals surface area contributed by atoms with E-state index in [9.17, 15) is 4.79 Å². The van der Waals surface area contributed by atoms with Crippen molar-refractivity contribution in [3.63, 3.8) is 0 Å². The fourth-order valence-electron chi connectivity index (χ4n) is 3.62. The van der Waals surface area contributed by atoms with E-state index in [4.69, 9.17) is 4.74 Å². The first-order valence-corrected chi connectivity index (χ1v) is 9.13. The fraction of sp³-hybridized carbons (Fsp3) is 0.429. The molecule has 132 valence electrons. The van der Waals surface area contributed by atoms with Gasteiger partial charge < -0.3 is 9.64 Å². The Morgan fingerprint density at radius 2 is 2.08 bits per heavy atom. The first-order valence-electron chi connectivity index (χ1n) is 9.13. The number of hydrogen-bond acceptors (Lipinski definition) is 3. The van der Waals surface area contributed by atoms with Gasteiger partial charge in [-0.15, -0.1) is 0 Å². The molecular formula is C21H26N2O2. The topological polar surface area (TPSA) is 42.4 Å². The van der Waals surface area contributed by atoms with Gasteiger partial charge in [-0.25, -0.2) is 0 Å². The Labute approximate surface area is 149 Å². The molecule has 0 saturated carbocycles. The number of amides is 1. The third-order valence-corrected chi connectivity index (χ3v) is 4.99. The first kappa shape index (κ1) is 17.6. The van der Waals surface area contributed by atoms with Crippen molar-refractivity contribution < 1.29 is 9.53 Å². The lowest BCUT2D eigenvalue weighted by atomic mass is 9.96. The Bertz CT molecular complexity index is 696. The molecule has 1 aliphatic rings. The predicted molar refractivity (Wildman–Crippen MR) is 98.6 cm³/mol. The van der Waals surface area contributed by atoms with Crippen LogP contribution >= 0.6 is 0 Å². The van der Waals surface area contributed by atoms with Crippen LogP contribution in [-0.2, 0) is 4.74 Å². The highest BCUT2D eigenvalue weighted by Gasteiger charge is 2.25.